The number of unbranched alkanes of at least 4 members (excludes halogenated alkanes) is 35. The van der Waals surface area contributed by atoms with Gasteiger partial charge in [-0.25, -0.2) is 0 Å². The number of carbonyl (C=O) groups excluding carboxylic acids is 3. The molecule has 1 unspecified atom stereocenters. The Labute approximate surface area is 514 Å². The zero-order valence-corrected chi connectivity index (χ0v) is 54.7. The minimum absolute atomic E-state index is 0.0837. The van der Waals surface area contributed by atoms with Crippen molar-refractivity contribution in [2.45, 2.75) is 348 Å². The summed E-state index contributed by atoms with van der Waals surface area (Å²) in [6.45, 7) is 6.53. The molecule has 1 atom stereocenters. The van der Waals surface area contributed by atoms with Crippen molar-refractivity contribution in [1.29, 1.82) is 0 Å². The third-order valence-corrected chi connectivity index (χ3v) is 15.3. The molecule has 0 saturated heterocycles. The first-order valence-electron chi connectivity index (χ1n) is 35.4. The molecule has 0 bridgehead atoms. The van der Waals surface area contributed by atoms with E-state index in [0.717, 1.165) is 128 Å². The number of rotatable bonds is 64. The molecular formula is C77H132O6. The standard InChI is InChI=1S/C77H132O6/c1-4-7-10-13-16-19-22-25-28-31-34-35-36-37-38-39-40-41-44-46-49-52-55-58-61-64-67-70-76(79)82-73-74(83-77(80)71-68-65-62-59-56-53-50-47-43-33-30-27-24-21-18-15-12-9-6-3)72-81-75(78)69-66-63-60-57-54-51-48-45-42-32-29-26-23-20-17-14-11-8-5-2/h7,10,16,18-19,21,25,27-28,30,34-35,37-38,40-41,46,49,74H,4-6,8-9,11-15,17,20,22-24,26,29,31-33,36,39,42-45,47-48,50-73H2,1-3H3/b10-7-,19-16-,21-18-,28-25-,30-27-,35-34-,38-37-,41-40-,49-46-. The Morgan fingerprint density at radius 3 is 0.759 bits per heavy atom. The smallest absolute Gasteiger partial charge is 0.306 e. The van der Waals surface area contributed by atoms with Crippen molar-refractivity contribution in [3.05, 3.63) is 109 Å². The maximum Gasteiger partial charge on any atom is 0.306 e. The van der Waals surface area contributed by atoms with Crippen LogP contribution in [0, 0.1) is 0 Å². The van der Waals surface area contributed by atoms with Crippen LogP contribution in [0.1, 0.15) is 342 Å². The van der Waals surface area contributed by atoms with Crippen molar-refractivity contribution >= 4 is 17.9 Å². The van der Waals surface area contributed by atoms with Crippen LogP contribution in [0.5, 0.6) is 0 Å². The molecule has 6 heteroatoms. The van der Waals surface area contributed by atoms with E-state index < -0.39 is 6.10 Å². The number of hydrogen-bond donors (Lipinski definition) is 0. The first kappa shape index (κ1) is 79.1. The van der Waals surface area contributed by atoms with E-state index in [1.54, 1.807) is 0 Å². The van der Waals surface area contributed by atoms with Crippen LogP contribution >= 0.6 is 0 Å². The first-order chi connectivity index (χ1) is 41.0. The van der Waals surface area contributed by atoms with Crippen LogP contribution in [0.4, 0.5) is 0 Å². The molecule has 0 aromatic carbocycles. The number of hydrogen-bond acceptors (Lipinski definition) is 6. The second-order valence-corrected chi connectivity index (χ2v) is 23.4. The summed E-state index contributed by atoms with van der Waals surface area (Å²) in [7, 11) is 0. The summed E-state index contributed by atoms with van der Waals surface area (Å²) in [5, 5.41) is 0. The Morgan fingerprint density at radius 2 is 0.470 bits per heavy atom. The van der Waals surface area contributed by atoms with Crippen LogP contribution in [0.15, 0.2) is 109 Å². The van der Waals surface area contributed by atoms with Crippen LogP contribution < -0.4 is 0 Å². The Morgan fingerprint density at radius 1 is 0.253 bits per heavy atom. The summed E-state index contributed by atoms with van der Waals surface area (Å²) in [4.78, 5) is 38.5. The molecule has 0 radical (unpaired) electrons. The number of ether oxygens (including phenoxy) is 3. The maximum absolute atomic E-state index is 13.0. The minimum atomic E-state index is -0.791. The fourth-order valence-corrected chi connectivity index (χ4v) is 9.99. The Balaban J connectivity index is 4.41. The van der Waals surface area contributed by atoms with E-state index in [1.165, 1.54) is 173 Å². The molecule has 0 rings (SSSR count). The molecule has 476 valence electrons. The van der Waals surface area contributed by atoms with Gasteiger partial charge in [0.2, 0.25) is 0 Å². The topological polar surface area (TPSA) is 78.9 Å². The van der Waals surface area contributed by atoms with Crippen LogP contribution in [0.2, 0.25) is 0 Å². The van der Waals surface area contributed by atoms with E-state index in [4.69, 9.17) is 14.2 Å². The zero-order valence-electron chi connectivity index (χ0n) is 54.7. The fourth-order valence-electron chi connectivity index (χ4n) is 9.99. The maximum atomic E-state index is 13.0. The first-order valence-corrected chi connectivity index (χ1v) is 35.4. The highest BCUT2D eigenvalue weighted by Crippen LogP contribution is 2.17. The largest absolute Gasteiger partial charge is 0.462 e. The molecule has 0 fully saturated rings. The van der Waals surface area contributed by atoms with Crippen LogP contribution in [-0.4, -0.2) is 37.2 Å². The van der Waals surface area contributed by atoms with Gasteiger partial charge in [-0.1, -0.05) is 323 Å². The third kappa shape index (κ3) is 68.7. The summed E-state index contributed by atoms with van der Waals surface area (Å²) in [6, 6.07) is 0. The van der Waals surface area contributed by atoms with Gasteiger partial charge in [-0.05, 0) is 109 Å². The highest BCUT2D eigenvalue weighted by molar-refractivity contribution is 5.71. The minimum Gasteiger partial charge on any atom is -0.462 e. The molecule has 0 spiro atoms. The average Bonchev–Trinajstić information content (AvgIpc) is 3.50. The van der Waals surface area contributed by atoms with Crippen molar-refractivity contribution in [3.8, 4) is 0 Å². The van der Waals surface area contributed by atoms with Crippen molar-refractivity contribution in [1.82, 2.24) is 0 Å². The summed E-state index contributed by atoms with van der Waals surface area (Å²) >= 11 is 0. The quantitative estimate of drug-likeness (QED) is 0.0261. The molecule has 0 aromatic rings. The molecule has 0 amide bonds. The summed E-state index contributed by atoms with van der Waals surface area (Å²) in [5.74, 6) is -0.892. The lowest BCUT2D eigenvalue weighted by Crippen LogP contribution is -2.30. The molecule has 0 aromatic heterocycles. The summed E-state index contributed by atoms with van der Waals surface area (Å²) in [6.07, 6.45) is 96.7. The van der Waals surface area contributed by atoms with Gasteiger partial charge in [0, 0.05) is 19.3 Å². The van der Waals surface area contributed by atoms with Gasteiger partial charge in [0.15, 0.2) is 6.10 Å². The van der Waals surface area contributed by atoms with Crippen molar-refractivity contribution in [3.63, 3.8) is 0 Å². The van der Waals surface area contributed by atoms with E-state index in [2.05, 4.69) is 130 Å². The SMILES string of the molecule is CC/C=C\C/C=C\C/C=C\C/C=C\C/C=C\C/C=C\C/C=C\CCCCCCCC(=O)OCC(COC(=O)CCCCCCCCCCCCCCCCCCCCC)OC(=O)CCCCCCCCCCC/C=C\C/C=C\CCCCC. The highest BCUT2D eigenvalue weighted by atomic mass is 16.6. The van der Waals surface area contributed by atoms with Crippen molar-refractivity contribution in [2.75, 3.05) is 13.2 Å². The lowest BCUT2D eigenvalue weighted by Gasteiger charge is -2.18. The molecule has 83 heavy (non-hydrogen) atoms. The van der Waals surface area contributed by atoms with E-state index in [0.29, 0.717) is 19.3 Å². The lowest BCUT2D eigenvalue weighted by atomic mass is 10.0. The van der Waals surface area contributed by atoms with E-state index in [9.17, 15) is 14.4 Å². The van der Waals surface area contributed by atoms with E-state index in [-0.39, 0.29) is 31.1 Å². The molecule has 0 aliphatic carbocycles. The van der Waals surface area contributed by atoms with Gasteiger partial charge in [-0.15, -0.1) is 0 Å². The second-order valence-electron chi connectivity index (χ2n) is 23.4. The van der Waals surface area contributed by atoms with Gasteiger partial charge >= 0.3 is 17.9 Å². The fraction of sp³-hybridized carbons (Fsp3) is 0.727. The number of allylic oxidation sites excluding steroid dienone is 18. The molecule has 0 aliphatic rings. The van der Waals surface area contributed by atoms with Gasteiger partial charge in [-0.3, -0.25) is 14.4 Å². The van der Waals surface area contributed by atoms with Gasteiger partial charge in [0.05, 0.1) is 0 Å². The summed E-state index contributed by atoms with van der Waals surface area (Å²) in [5.41, 5.74) is 0. The lowest BCUT2D eigenvalue weighted by molar-refractivity contribution is -0.167. The van der Waals surface area contributed by atoms with Crippen molar-refractivity contribution < 1.29 is 28.6 Å². The van der Waals surface area contributed by atoms with Gasteiger partial charge in [-0.2, -0.15) is 0 Å². The predicted octanol–water partition coefficient (Wildman–Crippen LogP) is 24.6. The Bertz CT molecular complexity index is 1660. The molecule has 0 saturated carbocycles. The van der Waals surface area contributed by atoms with E-state index in [1.807, 2.05) is 0 Å². The van der Waals surface area contributed by atoms with Crippen LogP contribution in [-0.2, 0) is 28.6 Å². The molecule has 0 aliphatic heterocycles. The molecular weight excluding hydrogens is 1020 g/mol. The predicted molar refractivity (Wildman–Crippen MR) is 362 cm³/mol. The van der Waals surface area contributed by atoms with Crippen LogP contribution in [0.3, 0.4) is 0 Å². The Hall–Kier alpha value is -3.93. The third-order valence-electron chi connectivity index (χ3n) is 15.3. The number of carbonyl (C=O) groups is 3. The molecule has 6 nitrogen and oxygen atoms in total. The normalized spacial score (nSPS) is 12.8. The Kier molecular flexibility index (Phi) is 67.2. The van der Waals surface area contributed by atoms with Crippen molar-refractivity contribution in [2.24, 2.45) is 0 Å². The highest BCUT2D eigenvalue weighted by Gasteiger charge is 2.19. The van der Waals surface area contributed by atoms with Gasteiger partial charge in [0.25, 0.3) is 0 Å². The zero-order chi connectivity index (χ0) is 59.9. The second kappa shape index (κ2) is 70.6. The average molecular weight is 1150 g/mol. The van der Waals surface area contributed by atoms with Gasteiger partial charge < -0.3 is 14.2 Å². The van der Waals surface area contributed by atoms with Crippen LogP contribution in [0.25, 0.3) is 0 Å². The molecule has 0 heterocycles. The summed E-state index contributed by atoms with van der Waals surface area (Å²) < 4.78 is 17.0. The monoisotopic (exact) mass is 1150 g/mol. The van der Waals surface area contributed by atoms with E-state index >= 15 is 0 Å². The number of esters is 3. The molecule has 0 N–H and O–H groups in total. The van der Waals surface area contributed by atoms with Gasteiger partial charge in [0.1, 0.15) is 13.2 Å².